The molecule has 0 aromatic heterocycles. The summed E-state index contributed by atoms with van der Waals surface area (Å²) < 4.78 is 10.6. The second-order valence-electron chi connectivity index (χ2n) is 6.26. The van der Waals surface area contributed by atoms with Gasteiger partial charge in [-0.1, -0.05) is 38.1 Å². The van der Waals surface area contributed by atoms with Gasteiger partial charge in [0.25, 0.3) is 0 Å². The molecule has 0 bridgehead atoms. The van der Waals surface area contributed by atoms with Gasteiger partial charge in [0.2, 0.25) is 0 Å². The third kappa shape index (κ3) is 3.16. The van der Waals surface area contributed by atoms with Crippen LogP contribution in [0.1, 0.15) is 31.9 Å². The van der Waals surface area contributed by atoms with Gasteiger partial charge in [-0.25, -0.2) is 0 Å². The Hall–Kier alpha value is -2.62. The number of para-hydroxylation sites is 1. The standard InChI is InChI=1S/C21H26O4/c1-6-12-21(14(2)3,16-8-7-9-19(25-5)20(16)23)17-13-15(24-4)10-11-18(17)22/h6-14,22-23H,1-5H3. The molecule has 0 amide bonds. The summed E-state index contributed by atoms with van der Waals surface area (Å²) >= 11 is 0. The SMILES string of the molecule is CC=CC(c1cc(OC)ccc1O)(c1cccc(OC)c1O)C(C)C. The van der Waals surface area contributed by atoms with Crippen molar-refractivity contribution in [3.05, 3.63) is 59.7 Å². The highest BCUT2D eigenvalue weighted by Crippen LogP contribution is 2.50. The van der Waals surface area contributed by atoms with E-state index in [1.54, 1.807) is 25.3 Å². The molecule has 0 spiro atoms. The molecule has 0 saturated heterocycles. The van der Waals surface area contributed by atoms with E-state index in [4.69, 9.17) is 9.47 Å². The minimum atomic E-state index is -0.744. The van der Waals surface area contributed by atoms with Crippen LogP contribution < -0.4 is 9.47 Å². The van der Waals surface area contributed by atoms with Gasteiger partial charge in [-0.05, 0) is 37.1 Å². The van der Waals surface area contributed by atoms with E-state index in [1.807, 2.05) is 37.3 Å². The number of methoxy groups -OCH3 is 2. The summed E-state index contributed by atoms with van der Waals surface area (Å²) in [5.41, 5.74) is 0.596. The van der Waals surface area contributed by atoms with Crippen molar-refractivity contribution in [1.82, 2.24) is 0 Å². The first-order chi connectivity index (χ1) is 11.9. The van der Waals surface area contributed by atoms with Crippen LogP contribution in [0, 0.1) is 5.92 Å². The number of phenolic OH excluding ortho intramolecular Hbond substituents is 2. The third-order valence-corrected chi connectivity index (χ3v) is 4.65. The number of benzene rings is 2. The van der Waals surface area contributed by atoms with E-state index in [9.17, 15) is 10.2 Å². The molecule has 0 saturated carbocycles. The molecule has 0 fully saturated rings. The first kappa shape index (κ1) is 18.7. The quantitative estimate of drug-likeness (QED) is 0.751. The second kappa shape index (κ2) is 7.51. The molecule has 4 nitrogen and oxygen atoms in total. The van der Waals surface area contributed by atoms with Crippen LogP contribution in [-0.2, 0) is 5.41 Å². The minimum Gasteiger partial charge on any atom is -0.508 e. The van der Waals surface area contributed by atoms with Crippen molar-refractivity contribution in [2.75, 3.05) is 14.2 Å². The van der Waals surface area contributed by atoms with Crippen LogP contribution in [-0.4, -0.2) is 24.4 Å². The zero-order chi connectivity index (χ0) is 18.6. The Morgan fingerprint density at radius 3 is 2.28 bits per heavy atom. The van der Waals surface area contributed by atoms with Gasteiger partial charge in [-0.3, -0.25) is 0 Å². The number of rotatable bonds is 6. The molecule has 134 valence electrons. The van der Waals surface area contributed by atoms with Crippen molar-refractivity contribution in [3.8, 4) is 23.0 Å². The van der Waals surface area contributed by atoms with Crippen LogP contribution in [0.5, 0.6) is 23.0 Å². The first-order valence-electron chi connectivity index (χ1n) is 8.30. The molecule has 1 unspecified atom stereocenters. The summed E-state index contributed by atoms with van der Waals surface area (Å²) in [6, 6.07) is 10.6. The molecule has 1 atom stereocenters. The zero-order valence-corrected chi connectivity index (χ0v) is 15.4. The van der Waals surface area contributed by atoms with Gasteiger partial charge >= 0.3 is 0 Å². The summed E-state index contributed by atoms with van der Waals surface area (Å²) in [7, 11) is 3.11. The van der Waals surface area contributed by atoms with Gasteiger partial charge in [0.15, 0.2) is 11.5 Å². The summed E-state index contributed by atoms with van der Waals surface area (Å²) in [6.07, 6.45) is 3.93. The highest BCUT2D eigenvalue weighted by Gasteiger charge is 2.40. The van der Waals surface area contributed by atoms with Crippen LogP contribution in [0.4, 0.5) is 0 Å². The Bertz CT molecular complexity index is 760. The summed E-state index contributed by atoms with van der Waals surface area (Å²) in [6.45, 7) is 6.03. The zero-order valence-electron chi connectivity index (χ0n) is 15.4. The van der Waals surface area contributed by atoms with Gasteiger partial charge in [-0.15, -0.1) is 0 Å². The molecule has 25 heavy (non-hydrogen) atoms. The maximum absolute atomic E-state index is 10.8. The van der Waals surface area contributed by atoms with Crippen LogP contribution in [0.15, 0.2) is 48.6 Å². The topological polar surface area (TPSA) is 58.9 Å². The fourth-order valence-corrected chi connectivity index (χ4v) is 3.40. The molecule has 2 rings (SSSR count). The van der Waals surface area contributed by atoms with E-state index in [0.29, 0.717) is 22.6 Å². The number of hydrogen-bond acceptors (Lipinski definition) is 4. The number of phenols is 2. The normalized spacial score (nSPS) is 13.8. The van der Waals surface area contributed by atoms with Gasteiger partial charge in [0, 0.05) is 16.5 Å². The van der Waals surface area contributed by atoms with E-state index < -0.39 is 5.41 Å². The summed E-state index contributed by atoms with van der Waals surface area (Å²) in [5, 5.41) is 21.4. The molecule has 4 heteroatoms. The summed E-state index contributed by atoms with van der Waals surface area (Å²) in [5.74, 6) is 1.30. The number of ether oxygens (including phenoxy) is 2. The van der Waals surface area contributed by atoms with Gasteiger partial charge in [0.05, 0.1) is 14.2 Å². The molecule has 0 heterocycles. The highest BCUT2D eigenvalue weighted by atomic mass is 16.5. The van der Waals surface area contributed by atoms with Crippen LogP contribution >= 0.6 is 0 Å². The van der Waals surface area contributed by atoms with Crippen molar-refractivity contribution in [2.24, 2.45) is 5.92 Å². The molecule has 0 radical (unpaired) electrons. The Morgan fingerprint density at radius 2 is 1.72 bits per heavy atom. The number of hydrogen-bond donors (Lipinski definition) is 2. The molecule has 2 aromatic rings. The lowest BCUT2D eigenvalue weighted by molar-refractivity contribution is 0.352. The van der Waals surface area contributed by atoms with Crippen LogP contribution in [0.3, 0.4) is 0 Å². The van der Waals surface area contributed by atoms with Crippen LogP contribution in [0.2, 0.25) is 0 Å². The number of aromatic hydroxyl groups is 2. The molecule has 0 aliphatic heterocycles. The summed E-state index contributed by atoms with van der Waals surface area (Å²) in [4.78, 5) is 0. The average molecular weight is 342 g/mol. The van der Waals surface area contributed by atoms with Crippen molar-refractivity contribution < 1.29 is 19.7 Å². The third-order valence-electron chi connectivity index (χ3n) is 4.65. The molecular formula is C21H26O4. The predicted octanol–water partition coefficient (Wildman–Crippen LogP) is 4.63. The van der Waals surface area contributed by atoms with E-state index in [2.05, 4.69) is 13.8 Å². The molecule has 0 aliphatic carbocycles. The van der Waals surface area contributed by atoms with Gasteiger partial charge in [0.1, 0.15) is 11.5 Å². The van der Waals surface area contributed by atoms with Gasteiger partial charge in [-0.2, -0.15) is 0 Å². The first-order valence-corrected chi connectivity index (χ1v) is 8.30. The molecular weight excluding hydrogens is 316 g/mol. The lowest BCUT2D eigenvalue weighted by atomic mass is 9.66. The minimum absolute atomic E-state index is 0.0414. The maximum Gasteiger partial charge on any atom is 0.162 e. The smallest absolute Gasteiger partial charge is 0.162 e. The molecule has 2 N–H and O–H groups in total. The van der Waals surface area contributed by atoms with E-state index in [0.717, 1.165) is 0 Å². The van der Waals surface area contributed by atoms with Crippen molar-refractivity contribution >= 4 is 0 Å². The number of allylic oxidation sites excluding steroid dienone is 2. The maximum atomic E-state index is 10.8. The monoisotopic (exact) mass is 342 g/mol. The Balaban J connectivity index is 2.90. The van der Waals surface area contributed by atoms with E-state index >= 15 is 0 Å². The van der Waals surface area contributed by atoms with Crippen LogP contribution in [0.25, 0.3) is 0 Å². The lowest BCUT2D eigenvalue weighted by Gasteiger charge is -2.37. The highest BCUT2D eigenvalue weighted by molar-refractivity contribution is 5.60. The van der Waals surface area contributed by atoms with Gasteiger partial charge < -0.3 is 19.7 Å². The largest absolute Gasteiger partial charge is 0.508 e. The van der Waals surface area contributed by atoms with Crippen molar-refractivity contribution in [1.29, 1.82) is 0 Å². The lowest BCUT2D eigenvalue weighted by Crippen LogP contribution is -2.32. The molecule has 2 aromatic carbocycles. The van der Waals surface area contributed by atoms with E-state index in [-0.39, 0.29) is 17.4 Å². The van der Waals surface area contributed by atoms with Crippen molar-refractivity contribution in [2.45, 2.75) is 26.2 Å². The fourth-order valence-electron chi connectivity index (χ4n) is 3.40. The fraction of sp³-hybridized carbons (Fsp3) is 0.333. The molecule has 0 aliphatic rings. The van der Waals surface area contributed by atoms with Crippen molar-refractivity contribution in [3.63, 3.8) is 0 Å². The Morgan fingerprint density at radius 1 is 1.00 bits per heavy atom. The van der Waals surface area contributed by atoms with E-state index in [1.165, 1.54) is 7.11 Å². The predicted molar refractivity (Wildman–Crippen MR) is 99.7 cm³/mol. The Labute approximate surface area is 149 Å². The second-order valence-corrected chi connectivity index (χ2v) is 6.26. The average Bonchev–Trinajstić information content (AvgIpc) is 2.60. The Kier molecular flexibility index (Phi) is 5.62.